The van der Waals surface area contributed by atoms with Crippen LogP contribution < -0.4 is 15.8 Å². The molecule has 122 valence electrons. The van der Waals surface area contributed by atoms with E-state index in [0.29, 0.717) is 5.75 Å². The number of primary amides is 1. The summed E-state index contributed by atoms with van der Waals surface area (Å²) in [5.74, 6) is 2.40. The molecule has 1 aromatic carbocycles. The minimum Gasteiger partial charge on any atom is -0.481 e. The summed E-state index contributed by atoms with van der Waals surface area (Å²) in [5.41, 5.74) is 5.78. The molecule has 1 fully saturated rings. The highest BCUT2D eigenvalue weighted by atomic mass is 16.6. The Balaban J connectivity index is 1.92. The van der Waals surface area contributed by atoms with Crippen molar-refractivity contribution in [2.24, 2.45) is 5.73 Å². The van der Waals surface area contributed by atoms with Gasteiger partial charge in [0.25, 0.3) is 0 Å². The van der Waals surface area contributed by atoms with Crippen LogP contribution in [-0.2, 0) is 16.0 Å². The van der Waals surface area contributed by atoms with Crippen molar-refractivity contribution in [3.8, 4) is 18.1 Å². The molecule has 6 nitrogen and oxygen atoms in total. The summed E-state index contributed by atoms with van der Waals surface area (Å²) in [6, 6.07) is 6.23. The Kier molecular flexibility index (Phi) is 5.12. The summed E-state index contributed by atoms with van der Waals surface area (Å²) in [6.07, 6.45) is 6.44. The molecule has 0 radical (unpaired) electrons. The van der Waals surface area contributed by atoms with Gasteiger partial charge in [0.05, 0.1) is 0 Å². The number of nitrogens with one attached hydrogen (secondary N) is 1. The molecule has 1 aliphatic carbocycles. The van der Waals surface area contributed by atoms with Crippen molar-refractivity contribution in [1.82, 2.24) is 5.32 Å². The van der Waals surface area contributed by atoms with Crippen LogP contribution in [0.25, 0.3) is 0 Å². The maximum Gasteiger partial charge on any atom is 0.408 e. The van der Waals surface area contributed by atoms with Crippen molar-refractivity contribution < 1.29 is 19.1 Å². The van der Waals surface area contributed by atoms with Gasteiger partial charge in [-0.2, -0.15) is 0 Å². The summed E-state index contributed by atoms with van der Waals surface area (Å²) in [6.45, 7) is 2.04. The maximum atomic E-state index is 11.8. The topological polar surface area (TPSA) is 90.7 Å². The lowest BCUT2D eigenvalue weighted by atomic mass is 10.1. The lowest BCUT2D eigenvalue weighted by Crippen LogP contribution is -2.46. The molecule has 2 rings (SSSR count). The summed E-state index contributed by atoms with van der Waals surface area (Å²) in [7, 11) is 0. The molecule has 1 aromatic rings. The van der Waals surface area contributed by atoms with Crippen LogP contribution in [0.4, 0.5) is 4.79 Å². The van der Waals surface area contributed by atoms with Crippen LogP contribution in [0.2, 0.25) is 0 Å². The van der Waals surface area contributed by atoms with E-state index in [1.165, 1.54) is 0 Å². The fourth-order valence-electron chi connectivity index (χ4n) is 1.98. The zero-order valence-corrected chi connectivity index (χ0v) is 13.0. The number of amides is 2. The highest BCUT2D eigenvalue weighted by Crippen LogP contribution is 2.38. The van der Waals surface area contributed by atoms with Crippen molar-refractivity contribution in [3.05, 3.63) is 29.8 Å². The molecule has 1 aliphatic rings. The molecule has 0 heterocycles. The molecule has 0 bridgehead atoms. The number of nitrogens with two attached hydrogens (primary N) is 1. The largest absolute Gasteiger partial charge is 0.481 e. The zero-order valence-electron chi connectivity index (χ0n) is 13.0. The first kappa shape index (κ1) is 16.7. The predicted octanol–water partition coefficient (Wildman–Crippen LogP) is 1.37. The fourth-order valence-corrected chi connectivity index (χ4v) is 1.98. The molecule has 0 aromatic heterocycles. The molecular formula is C17H20N2O4. The van der Waals surface area contributed by atoms with Gasteiger partial charge in [0.2, 0.25) is 5.91 Å². The summed E-state index contributed by atoms with van der Waals surface area (Å²) >= 11 is 0. The lowest BCUT2D eigenvalue weighted by Gasteiger charge is -2.18. The monoisotopic (exact) mass is 316 g/mol. The molecule has 1 saturated carbocycles. The van der Waals surface area contributed by atoms with Crippen LogP contribution in [0.3, 0.4) is 0 Å². The second kappa shape index (κ2) is 7.05. The lowest BCUT2D eigenvalue weighted by molar-refractivity contribution is -0.120. The van der Waals surface area contributed by atoms with Gasteiger partial charge >= 0.3 is 6.09 Å². The van der Waals surface area contributed by atoms with Crippen molar-refractivity contribution in [3.63, 3.8) is 0 Å². The number of terminal acetylenes is 1. The van der Waals surface area contributed by atoms with Gasteiger partial charge in [0.1, 0.15) is 24.0 Å². The summed E-state index contributed by atoms with van der Waals surface area (Å²) < 4.78 is 10.5. The quantitative estimate of drug-likeness (QED) is 0.743. The second-order valence-corrected chi connectivity index (χ2v) is 5.78. The number of benzene rings is 1. The molecule has 6 heteroatoms. The van der Waals surface area contributed by atoms with Gasteiger partial charge in [-0.3, -0.25) is 4.79 Å². The third-order valence-corrected chi connectivity index (χ3v) is 3.61. The number of ether oxygens (including phenoxy) is 2. The van der Waals surface area contributed by atoms with E-state index in [0.717, 1.165) is 18.4 Å². The Labute approximate surface area is 135 Å². The Morgan fingerprint density at radius 2 is 2.04 bits per heavy atom. The Morgan fingerprint density at radius 1 is 1.39 bits per heavy atom. The molecule has 3 N–H and O–H groups in total. The SMILES string of the molecule is C#CCOc1ccc(C[C@H](NC(=O)OC2(C)CC2)C(N)=O)cc1. The van der Waals surface area contributed by atoms with Crippen molar-refractivity contribution in [2.45, 2.75) is 37.8 Å². The van der Waals surface area contributed by atoms with E-state index in [1.807, 2.05) is 6.92 Å². The first-order valence-electron chi connectivity index (χ1n) is 7.36. The Morgan fingerprint density at radius 3 is 2.57 bits per heavy atom. The van der Waals surface area contributed by atoms with Gasteiger partial charge in [-0.05, 0) is 37.5 Å². The minimum absolute atomic E-state index is 0.190. The number of rotatable bonds is 7. The maximum absolute atomic E-state index is 11.8. The first-order chi connectivity index (χ1) is 10.9. The van der Waals surface area contributed by atoms with Gasteiger partial charge in [-0.1, -0.05) is 18.1 Å². The molecule has 0 spiro atoms. The third kappa shape index (κ3) is 5.22. The second-order valence-electron chi connectivity index (χ2n) is 5.78. The number of alkyl carbamates (subject to hydrolysis) is 1. The average Bonchev–Trinajstić information content (AvgIpc) is 3.22. The Hall–Kier alpha value is -2.68. The molecule has 23 heavy (non-hydrogen) atoms. The van der Waals surface area contributed by atoms with E-state index in [4.69, 9.17) is 21.6 Å². The van der Waals surface area contributed by atoms with E-state index in [2.05, 4.69) is 11.2 Å². The number of carbonyl (C=O) groups is 2. The molecular weight excluding hydrogens is 296 g/mol. The van der Waals surface area contributed by atoms with Crippen LogP contribution >= 0.6 is 0 Å². The predicted molar refractivity (Wildman–Crippen MR) is 84.7 cm³/mol. The van der Waals surface area contributed by atoms with Crippen LogP contribution in [0.15, 0.2) is 24.3 Å². The van der Waals surface area contributed by atoms with Gasteiger partial charge in [-0.15, -0.1) is 6.42 Å². The number of hydrogen-bond donors (Lipinski definition) is 2. The summed E-state index contributed by atoms with van der Waals surface area (Å²) in [5, 5.41) is 2.52. The molecule has 2 amide bonds. The number of hydrogen-bond acceptors (Lipinski definition) is 4. The van der Waals surface area contributed by atoms with Gasteiger partial charge < -0.3 is 20.5 Å². The van der Waals surface area contributed by atoms with Gasteiger partial charge in [0, 0.05) is 6.42 Å². The van der Waals surface area contributed by atoms with Crippen LogP contribution in [0.5, 0.6) is 5.75 Å². The van der Waals surface area contributed by atoms with E-state index in [1.54, 1.807) is 24.3 Å². The van der Waals surface area contributed by atoms with Gasteiger partial charge in [0.15, 0.2) is 0 Å². The Bertz CT molecular complexity index is 614. The fraction of sp³-hybridized carbons (Fsp3) is 0.412. The van der Waals surface area contributed by atoms with E-state index >= 15 is 0 Å². The molecule has 0 unspecified atom stereocenters. The van der Waals surface area contributed by atoms with E-state index in [9.17, 15) is 9.59 Å². The first-order valence-corrected chi connectivity index (χ1v) is 7.36. The molecule has 0 aliphatic heterocycles. The normalized spacial score (nSPS) is 15.8. The highest BCUT2D eigenvalue weighted by molar-refractivity contribution is 5.84. The molecule has 0 saturated heterocycles. The number of carbonyl (C=O) groups excluding carboxylic acids is 2. The summed E-state index contributed by atoms with van der Waals surface area (Å²) in [4.78, 5) is 23.3. The highest BCUT2D eigenvalue weighted by Gasteiger charge is 2.42. The van der Waals surface area contributed by atoms with E-state index in [-0.39, 0.29) is 13.0 Å². The standard InChI is InChI=1S/C17H20N2O4/c1-3-10-22-13-6-4-12(5-7-13)11-14(15(18)20)19-16(21)23-17(2)8-9-17/h1,4-7,14H,8-11H2,2H3,(H2,18,20)(H,19,21)/t14-/m0/s1. The van der Waals surface area contributed by atoms with E-state index < -0.39 is 23.6 Å². The minimum atomic E-state index is -0.831. The molecule has 1 atom stereocenters. The van der Waals surface area contributed by atoms with Crippen molar-refractivity contribution >= 4 is 12.0 Å². The van der Waals surface area contributed by atoms with Crippen LogP contribution in [-0.4, -0.2) is 30.3 Å². The zero-order chi connectivity index (χ0) is 16.9. The smallest absolute Gasteiger partial charge is 0.408 e. The third-order valence-electron chi connectivity index (χ3n) is 3.61. The van der Waals surface area contributed by atoms with Crippen LogP contribution in [0.1, 0.15) is 25.3 Å². The average molecular weight is 316 g/mol. The van der Waals surface area contributed by atoms with Crippen molar-refractivity contribution in [1.29, 1.82) is 0 Å². The van der Waals surface area contributed by atoms with Crippen molar-refractivity contribution in [2.75, 3.05) is 6.61 Å². The van der Waals surface area contributed by atoms with Gasteiger partial charge in [-0.25, -0.2) is 4.79 Å². The van der Waals surface area contributed by atoms with Crippen LogP contribution in [0, 0.1) is 12.3 Å².